The minimum absolute atomic E-state index is 0.250. The largest absolute Gasteiger partial charge is 0.480 e. The molecule has 0 aromatic carbocycles. The van der Waals surface area contributed by atoms with Gasteiger partial charge < -0.3 is 9.84 Å². The lowest BCUT2D eigenvalue weighted by Gasteiger charge is -2.25. The highest BCUT2D eigenvalue weighted by Gasteiger charge is 2.61. The van der Waals surface area contributed by atoms with Gasteiger partial charge in [0.1, 0.15) is 0 Å². The number of aliphatic carboxylic acids is 1. The second kappa shape index (κ2) is 4.88. The summed E-state index contributed by atoms with van der Waals surface area (Å²) in [6.07, 6.45) is 2.75. The van der Waals surface area contributed by atoms with E-state index in [1.54, 1.807) is 0 Å². The van der Waals surface area contributed by atoms with Gasteiger partial charge in [0, 0.05) is 0 Å². The van der Waals surface area contributed by atoms with Gasteiger partial charge in [-0.05, 0) is 32.6 Å². The summed E-state index contributed by atoms with van der Waals surface area (Å²) >= 11 is 0. The number of nitrogens with one attached hydrogen (secondary N) is 1. The van der Waals surface area contributed by atoms with Crippen molar-refractivity contribution in [2.45, 2.75) is 51.6 Å². The molecule has 1 unspecified atom stereocenters. The van der Waals surface area contributed by atoms with E-state index in [0.717, 1.165) is 12.8 Å². The van der Waals surface area contributed by atoms with Crippen LogP contribution in [-0.4, -0.2) is 34.3 Å². The van der Waals surface area contributed by atoms with Gasteiger partial charge in [0.05, 0.1) is 5.71 Å². The number of carbonyl (C=O) groups excluding carboxylic acids is 2. The zero-order chi connectivity index (χ0) is 15.0. The maximum atomic E-state index is 12.1. The van der Waals surface area contributed by atoms with Gasteiger partial charge in [-0.1, -0.05) is 13.3 Å². The first-order valence-electron chi connectivity index (χ1n) is 6.71. The zero-order valence-corrected chi connectivity index (χ0v) is 11.6. The number of carboxylic acids is 1. The fourth-order valence-corrected chi connectivity index (χ4v) is 2.12. The van der Waals surface area contributed by atoms with Crippen molar-refractivity contribution in [1.29, 1.82) is 0 Å². The van der Waals surface area contributed by atoms with Gasteiger partial charge in [0.15, 0.2) is 5.41 Å². The van der Waals surface area contributed by atoms with Crippen molar-refractivity contribution in [3.63, 3.8) is 0 Å². The van der Waals surface area contributed by atoms with E-state index >= 15 is 0 Å². The van der Waals surface area contributed by atoms with Crippen LogP contribution in [0.1, 0.15) is 46.0 Å². The van der Waals surface area contributed by atoms with E-state index in [-0.39, 0.29) is 12.8 Å². The molecule has 2 rings (SSSR count). The molecule has 0 aromatic heterocycles. The summed E-state index contributed by atoms with van der Waals surface area (Å²) in [5.74, 6) is -2.58. The molecule has 20 heavy (non-hydrogen) atoms. The molecule has 0 spiro atoms. The quantitative estimate of drug-likeness (QED) is 0.554. The van der Waals surface area contributed by atoms with Gasteiger partial charge in [-0.2, -0.15) is 5.10 Å². The van der Waals surface area contributed by atoms with Crippen LogP contribution >= 0.6 is 0 Å². The lowest BCUT2D eigenvalue weighted by Crippen LogP contribution is -2.48. The molecule has 1 atom stereocenters. The zero-order valence-electron chi connectivity index (χ0n) is 11.6. The number of unbranched alkanes of at least 4 members (excludes halogenated alkanes) is 1. The molecule has 110 valence electrons. The molecule has 1 aliphatic carbocycles. The van der Waals surface area contributed by atoms with Gasteiger partial charge >= 0.3 is 11.9 Å². The molecule has 2 aliphatic rings. The third-order valence-electron chi connectivity index (χ3n) is 3.89. The van der Waals surface area contributed by atoms with E-state index in [1.165, 1.54) is 6.92 Å². The Morgan fingerprint density at radius 2 is 2.10 bits per heavy atom. The Balaban J connectivity index is 2.13. The predicted octanol–water partition coefficient (Wildman–Crippen LogP) is 0.829. The average Bonchev–Trinajstić information content (AvgIpc) is 3.15. The van der Waals surface area contributed by atoms with Crippen molar-refractivity contribution in [2.75, 3.05) is 0 Å². The maximum absolute atomic E-state index is 12.1. The molecule has 0 bridgehead atoms. The number of hydrazone groups is 1. The van der Waals surface area contributed by atoms with Gasteiger partial charge in [-0.3, -0.25) is 14.4 Å². The highest BCUT2D eigenvalue weighted by Crippen LogP contribution is 2.48. The number of carboxylic acid groups (broad SMARTS) is 1. The van der Waals surface area contributed by atoms with E-state index < -0.39 is 28.9 Å². The molecule has 0 radical (unpaired) electrons. The van der Waals surface area contributed by atoms with E-state index in [0.29, 0.717) is 12.1 Å². The van der Waals surface area contributed by atoms with Crippen LogP contribution in [0.5, 0.6) is 0 Å². The van der Waals surface area contributed by atoms with E-state index in [2.05, 4.69) is 10.5 Å². The van der Waals surface area contributed by atoms with Crippen LogP contribution in [0.15, 0.2) is 5.10 Å². The summed E-state index contributed by atoms with van der Waals surface area (Å²) in [5, 5.41) is 13.0. The van der Waals surface area contributed by atoms with Crippen molar-refractivity contribution >= 4 is 23.6 Å². The van der Waals surface area contributed by atoms with Crippen LogP contribution in [0.3, 0.4) is 0 Å². The molecule has 1 fully saturated rings. The molecular formula is C13H18N2O5. The lowest BCUT2D eigenvalue weighted by molar-refractivity contribution is -0.170. The fourth-order valence-electron chi connectivity index (χ4n) is 2.12. The van der Waals surface area contributed by atoms with Crippen LogP contribution in [0.2, 0.25) is 0 Å². The van der Waals surface area contributed by atoms with Crippen molar-refractivity contribution in [1.82, 2.24) is 5.43 Å². The molecular weight excluding hydrogens is 264 g/mol. The van der Waals surface area contributed by atoms with Gasteiger partial charge in [-0.15, -0.1) is 0 Å². The Hall–Kier alpha value is -1.92. The minimum atomic E-state index is -1.49. The van der Waals surface area contributed by atoms with E-state index in [9.17, 15) is 14.4 Å². The van der Waals surface area contributed by atoms with E-state index in [4.69, 9.17) is 9.84 Å². The lowest BCUT2D eigenvalue weighted by atomic mass is 9.95. The monoisotopic (exact) mass is 282 g/mol. The third kappa shape index (κ3) is 2.17. The Kier molecular flexibility index (Phi) is 3.54. The number of amides is 1. The van der Waals surface area contributed by atoms with Gasteiger partial charge in [0.2, 0.25) is 5.60 Å². The first-order valence-corrected chi connectivity index (χ1v) is 6.71. The second-order valence-electron chi connectivity index (χ2n) is 5.41. The van der Waals surface area contributed by atoms with Gasteiger partial charge in [0.25, 0.3) is 5.91 Å². The molecule has 2 N–H and O–H groups in total. The number of esters is 1. The minimum Gasteiger partial charge on any atom is -0.480 e. The Morgan fingerprint density at radius 1 is 1.45 bits per heavy atom. The summed E-state index contributed by atoms with van der Waals surface area (Å²) in [6, 6.07) is 0. The smallest absolute Gasteiger partial charge is 0.324 e. The summed E-state index contributed by atoms with van der Waals surface area (Å²) in [7, 11) is 0. The third-order valence-corrected chi connectivity index (χ3v) is 3.89. The Morgan fingerprint density at radius 3 is 2.60 bits per heavy atom. The Labute approximate surface area is 116 Å². The summed E-state index contributed by atoms with van der Waals surface area (Å²) < 4.78 is 5.25. The summed E-state index contributed by atoms with van der Waals surface area (Å²) in [6.45, 7) is 3.46. The van der Waals surface area contributed by atoms with Crippen molar-refractivity contribution in [3.8, 4) is 0 Å². The topological polar surface area (TPSA) is 105 Å². The highest BCUT2D eigenvalue weighted by molar-refractivity contribution is 6.17. The standard InChI is InChI=1S/C13H18N2O5/c1-3-4-5-8-12(2,9(16)15-14-8)20-11(19)13(6-7-13)10(17)18/h3-7H2,1-2H3,(H,15,16)(H,17,18). The Bertz CT molecular complexity index is 495. The fraction of sp³-hybridized carbons (Fsp3) is 0.692. The first-order chi connectivity index (χ1) is 9.36. The van der Waals surface area contributed by atoms with Crippen LogP contribution in [0, 0.1) is 5.41 Å². The summed E-state index contributed by atoms with van der Waals surface area (Å²) in [5.41, 5.74) is -0.216. The number of nitrogens with zero attached hydrogens (tertiary/aromatic N) is 1. The maximum Gasteiger partial charge on any atom is 0.324 e. The molecule has 1 amide bonds. The number of hydrogen-bond donors (Lipinski definition) is 2. The summed E-state index contributed by atoms with van der Waals surface area (Å²) in [4.78, 5) is 35.0. The van der Waals surface area contributed by atoms with Crippen LogP contribution in [0.25, 0.3) is 0 Å². The normalized spacial score (nSPS) is 26.7. The highest BCUT2D eigenvalue weighted by atomic mass is 16.6. The average molecular weight is 282 g/mol. The van der Waals surface area contributed by atoms with Crippen molar-refractivity contribution < 1.29 is 24.2 Å². The van der Waals surface area contributed by atoms with Crippen LogP contribution in [-0.2, 0) is 19.1 Å². The molecule has 1 aliphatic heterocycles. The number of hydrogen-bond acceptors (Lipinski definition) is 5. The number of carbonyl (C=O) groups is 3. The van der Waals surface area contributed by atoms with Crippen LogP contribution in [0.4, 0.5) is 0 Å². The first kappa shape index (κ1) is 14.5. The molecule has 7 heteroatoms. The second-order valence-corrected chi connectivity index (χ2v) is 5.41. The molecule has 1 saturated carbocycles. The molecule has 7 nitrogen and oxygen atoms in total. The predicted molar refractivity (Wildman–Crippen MR) is 68.9 cm³/mol. The molecule has 0 saturated heterocycles. The van der Waals surface area contributed by atoms with Crippen molar-refractivity contribution in [2.24, 2.45) is 10.5 Å². The van der Waals surface area contributed by atoms with Crippen LogP contribution < -0.4 is 5.43 Å². The van der Waals surface area contributed by atoms with E-state index in [1.807, 2.05) is 6.92 Å². The van der Waals surface area contributed by atoms with Gasteiger partial charge in [-0.25, -0.2) is 5.43 Å². The molecule has 1 heterocycles. The number of rotatable bonds is 6. The number of ether oxygens (including phenoxy) is 1. The van der Waals surface area contributed by atoms with Crippen molar-refractivity contribution in [3.05, 3.63) is 0 Å². The SMILES string of the molecule is CCCCC1=NNC(=O)C1(C)OC(=O)C1(C(=O)O)CC1. The molecule has 0 aromatic rings.